The smallest absolute Gasteiger partial charge is 0.321 e. The summed E-state index contributed by atoms with van der Waals surface area (Å²) in [6, 6.07) is 7.86. The Kier molecular flexibility index (Phi) is 6.39. The molecule has 0 aromatic heterocycles. The van der Waals surface area contributed by atoms with Crippen LogP contribution in [0.25, 0.3) is 0 Å². The predicted octanol–water partition coefficient (Wildman–Crippen LogP) is 3.83. The molecule has 0 unspecified atom stereocenters. The Morgan fingerprint density at radius 1 is 1.48 bits per heavy atom. The lowest BCUT2D eigenvalue weighted by molar-refractivity contribution is 0.0115. The molecule has 5 heteroatoms. The highest BCUT2D eigenvalue weighted by Crippen LogP contribution is 2.25. The molecule has 1 heterocycles. The van der Waals surface area contributed by atoms with Crippen LogP contribution in [0.3, 0.4) is 0 Å². The van der Waals surface area contributed by atoms with E-state index in [4.69, 9.17) is 4.74 Å². The molecule has 2 amide bonds. The number of urea groups is 1. The molecule has 0 saturated carbocycles. The van der Waals surface area contributed by atoms with E-state index in [1.54, 1.807) is 11.8 Å². The number of nitrogens with one attached hydrogen (secondary N) is 1. The second kappa shape index (κ2) is 8.29. The first-order valence-electron chi connectivity index (χ1n) is 7.55. The van der Waals surface area contributed by atoms with Crippen LogP contribution in [0.1, 0.15) is 26.2 Å². The largest absolute Gasteiger partial charge is 0.376 e. The zero-order valence-corrected chi connectivity index (χ0v) is 13.6. The quantitative estimate of drug-likeness (QED) is 0.841. The Bertz CT molecular complexity index is 467. The van der Waals surface area contributed by atoms with Gasteiger partial charge in [0, 0.05) is 24.6 Å². The van der Waals surface area contributed by atoms with Gasteiger partial charge >= 0.3 is 6.03 Å². The van der Waals surface area contributed by atoms with E-state index in [1.165, 1.54) is 0 Å². The minimum absolute atomic E-state index is 0.0266. The number of benzene rings is 1. The molecule has 1 saturated heterocycles. The fraction of sp³-hybridized carbons (Fsp3) is 0.562. The van der Waals surface area contributed by atoms with Crippen LogP contribution in [0.2, 0.25) is 0 Å². The van der Waals surface area contributed by atoms with E-state index < -0.39 is 0 Å². The second-order valence-corrected chi connectivity index (χ2v) is 6.06. The molecule has 1 aliphatic rings. The van der Waals surface area contributed by atoms with E-state index in [9.17, 15) is 4.79 Å². The Labute approximate surface area is 131 Å². The van der Waals surface area contributed by atoms with Crippen molar-refractivity contribution in [2.45, 2.75) is 37.2 Å². The number of rotatable bonds is 5. The second-order valence-electron chi connectivity index (χ2n) is 5.21. The number of piperidine rings is 1. The molecule has 1 aliphatic heterocycles. The fourth-order valence-electron chi connectivity index (χ4n) is 2.49. The Hall–Kier alpha value is -1.20. The fourth-order valence-corrected chi connectivity index (χ4v) is 3.04. The molecule has 0 aliphatic carbocycles. The number of hydrogen-bond acceptors (Lipinski definition) is 3. The molecule has 0 bridgehead atoms. The third-order valence-corrected chi connectivity index (χ3v) is 4.37. The number of anilines is 1. The zero-order chi connectivity index (χ0) is 15.1. The topological polar surface area (TPSA) is 41.6 Å². The van der Waals surface area contributed by atoms with Crippen LogP contribution in [0, 0.1) is 0 Å². The number of likely N-dealkylation sites (tertiary alicyclic amines) is 1. The van der Waals surface area contributed by atoms with Crippen molar-refractivity contribution >= 4 is 23.5 Å². The Morgan fingerprint density at radius 3 is 3.05 bits per heavy atom. The first-order valence-corrected chi connectivity index (χ1v) is 8.77. The van der Waals surface area contributed by atoms with Crippen LogP contribution in [0.4, 0.5) is 10.5 Å². The maximum absolute atomic E-state index is 12.4. The van der Waals surface area contributed by atoms with E-state index in [0.29, 0.717) is 6.54 Å². The summed E-state index contributed by atoms with van der Waals surface area (Å²) in [5, 5.41) is 3.02. The summed E-state index contributed by atoms with van der Waals surface area (Å²) < 4.78 is 5.78. The average molecular weight is 308 g/mol. The highest BCUT2D eigenvalue weighted by atomic mass is 32.2. The molecular formula is C16H24N2O2S. The summed E-state index contributed by atoms with van der Waals surface area (Å²) in [6.45, 7) is 4.37. The standard InChI is InChI=1S/C16H24N2O2S/c1-3-11-20-13-7-6-10-18(12-13)16(19)17-14-8-4-5-9-15(14)21-2/h4-5,8-9,13H,3,6-7,10-12H2,1-2H3,(H,17,19)/t13-/m0/s1. The number of nitrogens with zero attached hydrogens (tertiary/aromatic N) is 1. The minimum atomic E-state index is -0.0266. The lowest BCUT2D eigenvalue weighted by Crippen LogP contribution is -2.45. The van der Waals surface area contributed by atoms with Crippen molar-refractivity contribution < 1.29 is 9.53 Å². The van der Waals surface area contributed by atoms with Gasteiger partial charge in [-0.05, 0) is 37.7 Å². The number of hydrogen-bond donors (Lipinski definition) is 1. The van der Waals surface area contributed by atoms with Gasteiger partial charge in [-0.1, -0.05) is 19.1 Å². The van der Waals surface area contributed by atoms with Crippen molar-refractivity contribution in [3.8, 4) is 0 Å². The summed E-state index contributed by atoms with van der Waals surface area (Å²) in [7, 11) is 0. The SMILES string of the molecule is CCCO[C@H]1CCCN(C(=O)Nc2ccccc2SC)C1. The van der Waals surface area contributed by atoms with Crippen molar-refractivity contribution in [1.82, 2.24) is 4.90 Å². The van der Waals surface area contributed by atoms with Gasteiger partial charge in [0.25, 0.3) is 0 Å². The van der Waals surface area contributed by atoms with Crippen LogP contribution in [0.5, 0.6) is 0 Å². The van der Waals surface area contributed by atoms with Crippen LogP contribution in [-0.2, 0) is 4.74 Å². The first-order chi connectivity index (χ1) is 10.2. The number of para-hydroxylation sites is 1. The van der Waals surface area contributed by atoms with Gasteiger partial charge in [-0.25, -0.2) is 4.79 Å². The Balaban J connectivity index is 1.93. The van der Waals surface area contributed by atoms with E-state index in [-0.39, 0.29) is 12.1 Å². The number of carbonyl (C=O) groups is 1. The van der Waals surface area contributed by atoms with Crippen molar-refractivity contribution in [2.75, 3.05) is 31.3 Å². The maximum Gasteiger partial charge on any atom is 0.321 e. The van der Waals surface area contributed by atoms with E-state index in [0.717, 1.165) is 43.0 Å². The van der Waals surface area contributed by atoms with Crippen molar-refractivity contribution in [3.63, 3.8) is 0 Å². The summed E-state index contributed by atoms with van der Waals surface area (Å²) >= 11 is 1.64. The van der Waals surface area contributed by atoms with Crippen molar-refractivity contribution in [3.05, 3.63) is 24.3 Å². The molecule has 4 nitrogen and oxygen atoms in total. The third kappa shape index (κ3) is 4.64. The maximum atomic E-state index is 12.4. The van der Waals surface area contributed by atoms with Gasteiger partial charge in [0.15, 0.2) is 0 Å². The molecule has 0 radical (unpaired) electrons. The van der Waals surface area contributed by atoms with Crippen LogP contribution in [0.15, 0.2) is 29.2 Å². The molecule has 0 spiro atoms. The zero-order valence-electron chi connectivity index (χ0n) is 12.8. The summed E-state index contributed by atoms with van der Waals surface area (Å²) in [6.07, 6.45) is 5.27. The van der Waals surface area contributed by atoms with Gasteiger partial charge in [-0.15, -0.1) is 11.8 Å². The van der Waals surface area contributed by atoms with Gasteiger partial charge in [0.2, 0.25) is 0 Å². The van der Waals surface area contributed by atoms with Gasteiger partial charge in [0.1, 0.15) is 0 Å². The van der Waals surface area contributed by atoms with Crippen LogP contribution < -0.4 is 5.32 Å². The highest BCUT2D eigenvalue weighted by Gasteiger charge is 2.24. The van der Waals surface area contributed by atoms with Crippen molar-refractivity contribution in [2.24, 2.45) is 0 Å². The van der Waals surface area contributed by atoms with Gasteiger partial charge in [-0.3, -0.25) is 0 Å². The van der Waals surface area contributed by atoms with Gasteiger partial charge in [-0.2, -0.15) is 0 Å². The third-order valence-electron chi connectivity index (χ3n) is 3.57. The summed E-state index contributed by atoms with van der Waals surface area (Å²) in [5.74, 6) is 0. The molecule has 1 fully saturated rings. The van der Waals surface area contributed by atoms with Crippen LogP contribution >= 0.6 is 11.8 Å². The molecule has 1 N–H and O–H groups in total. The lowest BCUT2D eigenvalue weighted by atomic mass is 10.1. The lowest BCUT2D eigenvalue weighted by Gasteiger charge is -2.32. The monoisotopic (exact) mass is 308 g/mol. The molecule has 116 valence electrons. The minimum Gasteiger partial charge on any atom is -0.376 e. The van der Waals surface area contributed by atoms with E-state index in [2.05, 4.69) is 12.2 Å². The molecule has 1 atom stereocenters. The highest BCUT2D eigenvalue weighted by molar-refractivity contribution is 7.98. The molecule has 1 aromatic carbocycles. The van der Waals surface area contributed by atoms with Gasteiger partial charge in [0.05, 0.1) is 11.8 Å². The van der Waals surface area contributed by atoms with Gasteiger partial charge < -0.3 is 15.0 Å². The number of carbonyl (C=O) groups excluding carboxylic acids is 1. The summed E-state index contributed by atoms with van der Waals surface area (Å²) in [4.78, 5) is 15.4. The first kappa shape index (κ1) is 16.2. The molecule has 1 aromatic rings. The Morgan fingerprint density at radius 2 is 2.29 bits per heavy atom. The molecule has 21 heavy (non-hydrogen) atoms. The van der Waals surface area contributed by atoms with E-state index in [1.807, 2.05) is 35.4 Å². The number of thioether (sulfide) groups is 1. The van der Waals surface area contributed by atoms with E-state index >= 15 is 0 Å². The molecular weight excluding hydrogens is 284 g/mol. The number of amides is 2. The summed E-state index contributed by atoms with van der Waals surface area (Å²) in [5.41, 5.74) is 0.881. The predicted molar refractivity (Wildman–Crippen MR) is 88.1 cm³/mol. The molecule has 2 rings (SSSR count). The van der Waals surface area contributed by atoms with Crippen molar-refractivity contribution in [1.29, 1.82) is 0 Å². The normalized spacial score (nSPS) is 18.6. The average Bonchev–Trinajstić information content (AvgIpc) is 2.53. The number of ether oxygens (including phenoxy) is 1. The van der Waals surface area contributed by atoms with Crippen LogP contribution in [-0.4, -0.2) is 43.0 Å².